The number of oxime groups is 1. The summed E-state index contributed by atoms with van der Waals surface area (Å²) in [6.07, 6.45) is 0.564. The van der Waals surface area contributed by atoms with Crippen molar-refractivity contribution in [2.24, 2.45) is 5.16 Å². The molecule has 120 valence electrons. The topological polar surface area (TPSA) is 59.9 Å². The molecule has 0 radical (unpaired) electrons. The molecule has 1 amide bonds. The largest absolute Gasteiger partial charge is 0.382 e. The zero-order valence-electron chi connectivity index (χ0n) is 12.8. The molecule has 1 aliphatic rings. The Morgan fingerprint density at radius 1 is 1.45 bits per heavy atom. The highest BCUT2D eigenvalue weighted by Crippen LogP contribution is 2.15. The fourth-order valence-electron chi connectivity index (χ4n) is 2.09. The van der Waals surface area contributed by atoms with Gasteiger partial charge in [0.1, 0.15) is 5.82 Å². The van der Waals surface area contributed by atoms with Crippen molar-refractivity contribution in [1.29, 1.82) is 0 Å². The molecule has 2 rings (SSSR count). The van der Waals surface area contributed by atoms with Crippen LogP contribution in [-0.4, -0.2) is 37.0 Å². The van der Waals surface area contributed by atoms with Crippen LogP contribution in [0, 0.1) is 5.82 Å². The number of benzene rings is 1. The van der Waals surface area contributed by atoms with Crippen molar-refractivity contribution >= 4 is 11.6 Å². The van der Waals surface area contributed by atoms with Gasteiger partial charge in [-0.3, -0.25) is 4.79 Å². The van der Waals surface area contributed by atoms with Gasteiger partial charge < -0.3 is 14.9 Å². The molecule has 0 unspecified atom stereocenters. The minimum Gasteiger partial charge on any atom is -0.382 e. The van der Waals surface area contributed by atoms with Gasteiger partial charge in [0.05, 0.1) is 18.4 Å². The van der Waals surface area contributed by atoms with E-state index in [0.29, 0.717) is 26.0 Å². The van der Waals surface area contributed by atoms with Gasteiger partial charge in [0, 0.05) is 19.4 Å². The van der Waals surface area contributed by atoms with Crippen LogP contribution < -0.4 is 5.32 Å². The molecule has 5 nitrogen and oxygen atoms in total. The van der Waals surface area contributed by atoms with E-state index in [1.54, 1.807) is 12.1 Å². The van der Waals surface area contributed by atoms with Crippen molar-refractivity contribution in [1.82, 2.24) is 5.32 Å². The summed E-state index contributed by atoms with van der Waals surface area (Å²) in [5, 5.41) is 6.70. The maximum atomic E-state index is 12.8. The SMILES string of the molecule is CC(C)OCCNC(=O)[C@H]1CC(Cc2ccc(F)cc2)=NO1. The Morgan fingerprint density at radius 3 is 2.86 bits per heavy atom. The van der Waals surface area contributed by atoms with E-state index < -0.39 is 6.10 Å². The molecule has 1 aliphatic heterocycles. The second kappa shape index (κ2) is 7.89. The Morgan fingerprint density at radius 2 is 2.18 bits per heavy atom. The van der Waals surface area contributed by atoms with Crippen LogP contribution in [-0.2, 0) is 20.8 Å². The van der Waals surface area contributed by atoms with Crippen molar-refractivity contribution in [3.05, 3.63) is 35.6 Å². The first-order valence-electron chi connectivity index (χ1n) is 7.40. The summed E-state index contributed by atoms with van der Waals surface area (Å²) >= 11 is 0. The van der Waals surface area contributed by atoms with Crippen LogP contribution in [0.5, 0.6) is 0 Å². The molecule has 0 bridgehead atoms. The van der Waals surface area contributed by atoms with Gasteiger partial charge in [0.15, 0.2) is 0 Å². The van der Waals surface area contributed by atoms with Crippen molar-refractivity contribution in [2.45, 2.75) is 38.9 Å². The lowest BCUT2D eigenvalue weighted by Crippen LogP contribution is -2.37. The predicted octanol–water partition coefficient (Wildman–Crippen LogP) is 2.05. The smallest absolute Gasteiger partial charge is 0.264 e. The zero-order valence-corrected chi connectivity index (χ0v) is 12.8. The monoisotopic (exact) mass is 308 g/mol. The summed E-state index contributed by atoms with van der Waals surface area (Å²) in [4.78, 5) is 17.1. The molecule has 0 spiro atoms. The van der Waals surface area contributed by atoms with Crippen LogP contribution in [0.15, 0.2) is 29.4 Å². The van der Waals surface area contributed by atoms with E-state index >= 15 is 0 Å². The van der Waals surface area contributed by atoms with Gasteiger partial charge in [-0.25, -0.2) is 4.39 Å². The highest BCUT2D eigenvalue weighted by atomic mass is 19.1. The summed E-state index contributed by atoms with van der Waals surface area (Å²) in [7, 11) is 0. The minimum atomic E-state index is -0.588. The highest BCUT2D eigenvalue weighted by Gasteiger charge is 2.27. The summed E-state index contributed by atoms with van der Waals surface area (Å²) in [5.41, 5.74) is 1.72. The Labute approximate surface area is 129 Å². The van der Waals surface area contributed by atoms with E-state index in [2.05, 4.69) is 10.5 Å². The Hall–Kier alpha value is -1.95. The summed E-state index contributed by atoms with van der Waals surface area (Å²) < 4.78 is 18.2. The van der Waals surface area contributed by atoms with Gasteiger partial charge in [-0.15, -0.1) is 0 Å². The van der Waals surface area contributed by atoms with Crippen molar-refractivity contribution < 1.29 is 18.8 Å². The number of rotatable bonds is 7. The second-order valence-electron chi connectivity index (χ2n) is 5.47. The van der Waals surface area contributed by atoms with Crippen molar-refractivity contribution in [2.75, 3.05) is 13.2 Å². The molecule has 1 heterocycles. The van der Waals surface area contributed by atoms with Crippen LogP contribution in [0.3, 0.4) is 0 Å². The molecule has 1 aromatic rings. The fraction of sp³-hybridized carbons (Fsp3) is 0.500. The summed E-state index contributed by atoms with van der Waals surface area (Å²) in [6, 6.07) is 6.22. The maximum Gasteiger partial charge on any atom is 0.264 e. The first kappa shape index (κ1) is 16.4. The number of nitrogens with one attached hydrogen (secondary N) is 1. The molecule has 0 aromatic heterocycles. The number of carbonyl (C=O) groups is 1. The van der Waals surface area contributed by atoms with Crippen molar-refractivity contribution in [3.63, 3.8) is 0 Å². The normalized spacial score (nSPS) is 17.3. The van der Waals surface area contributed by atoms with E-state index in [9.17, 15) is 9.18 Å². The van der Waals surface area contributed by atoms with Crippen LogP contribution in [0.25, 0.3) is 0 Å². The van der Waals surface area contributed by atoms with E-state index in [0.717, 1.165) is 11.3 Å². The lowest BCUT2D eigenvalue weighted by Gasteiger charge is -2.11. The number of hydrogen-bond donors (Lipinski definition) is 1. The standard InChI is InChI=1S/C16H21FN2O3/c1-11(2)21-8-7-18-16(20)15-10-14(19-22-15)9-12-3-5-13(17)6-4-12/h3-6,11,15H,7-10H2,1-2H3,(H,18,20)/t15-/m1/s1. The number of halogens is 1. The van der Waals surface area contributed by atoms with Gasteiger partial charge in [-0.05, 0) is 31.5 Å². The van der Waals surface area contributed by atoms with Gasteiger partial charge >= 0.3 is 0 Å². The van der Waals surface area contributed by atoms with Crippen LogP contribution in [0.1, 0.15) is 25.8 Å². The highest BCUT2D eigenvalue weighted by molar-refractivity contribution is 5.93. The van der Waals surface area contributed by atoms with E-state index in [1.807, 2.05) is 13.8 Å². The summed E-state index contributed by atoms with van der Waals surface area (Å²) in [6.45, 7) is 4.80. The molecule has 0 saturated heterocycles. The first-order valence-corrected chi connectivity index (χ1v) is 7.40. The lowest BCUT2D eigenvalue weighted by atomic mass is 10.0. The van der Waals surface area contributed by atoms with Gasteiger partial charge in [0.25, 0.3) is 5.91 Å². The van der Waals surface area contributed by atoms with E-state index in [-0.39, 0.29) is 17.8 Å². The Bertz CT molecular complexity index is 529. The molecule has 1 aromatic carbocycles. The van der Waals surface area contributed by atoms with Gasteiger partial charge in [-0.2, -0.15) is 0 Å². The van der Waals surface area contributed by atoms with Crippen LogP contribution in [0.4, 0.5) is 4.39 Å². The molecular weight excluding hydrogens is 287 g/mol. The lowest BCUT2D eigenvalue weighted by molar-refractivity contribution is -0.131. The molecule has 0 saturated carbocycles. The zero-order chi connectivity index (χ0) is 15.9. The molecule has 6 heteroatoms. The van der Waals surface area contributed by atoms with E-state index in [4.69, 9.17) is 9.57 Å². The average Bonchev–Trinajstić information content (AvgIpc) is 2.94. The summed E-state index contributed by atoms with van der Waals surface area (Å²) in [5.74, 6) is -0.459. The van der Waals surface area contributed by atoms with Gasteiger partial charge in [-0.1, -0.05) is 17.3 Å². The van der Waals surface area contributed by atoms with Crippen molar-refractivity contribution in [3.8, 4) is 0 Å². The Kier molecular flexibility index (Phi) is 5.89. The minimum absolute atomic E-state index is 0.144. The fourth-order valence-corrected chi connectivity index (χ4v) is 2.09. The number of carbonyl (C=O) groups excluding carboxylic acids is 1. The molecular formula is C16H21FN2O3. The second-order valence-corrected chi connectivity index (χ2v) is 5.47. The van der Waals surface area contributed by atoms with Crippen LogP contribution in [0.2, 0.25) is 0 Å². The van der Waals surface area contributed by atoms with Crippen LogP contribution >= 0.6 is 0 Å². The molecule has 0 aliphatic carbocycles. The number of hydrogen-bond acceptors (Lipinski definition) is 4. The third-order valence-electron chi connectivity index (χ3n) is 3.20. The van der Waals surface area contributed by atoms with E-state index in [1.165, 1.54) is 12.1 Å². The number of amides is 1. The first-order chi connectivity index (χ1) is 10.5. The molecule has 1 atom stereocenters. The molecule has 0 fully saturated rings. The predicted molar refractivity (Wildman–Crippen MR) is 81.1 cm³/mol. The quantitative estimate of drug-likeness (QED) is 0.784. The maximum absolute atomic E-state index is 12.8. The number of ether oxygens (including phenoxy) is 1. The van der Waals surface area contributed by atoms with Gasteiger partial charge in [0.2, 0.25) is 6.10 Å². The molecule has 22 heavy (non-hydrogen) atoms. The third kappa shape index (κ3) is 5.11. The molecule has 1 N–H and O–H groups in total. The average molecular weight is 308 g/mol. The number of nitrogens with zero attached hydrogens (tertiary/aromatic N) is 1. The third-order valence-corrected chi connectivity index (χ3v) is 3.20. The Balaban J connectivity index is 1.72.